The lowest BCUT2D eigenvalue weighted by Gasteiger charge is -2.17. The zero-order valence-corrected chi connectivity index (χ0v) is 10.1. The van der Waals surface area contributed by atoms with Crippen molar-refractivity contribution >= 4 is 17.6 Å². The van der Waals surface area contributed by atoms with Crippen LogP contribution >= 0.6 is 0 Å². The second-order valence-electron chi connectivity index (χ2n) is 4.74. The van der Waals surface area contributed by atoms with Gasteiger partial charge in [0.1, 0.15) is 11.9 Å². The van der Waals surface area contributed by atoms with Gasteiger partial charge in [-0.1, -0.05) is 13.8 Å². The van der Waals surface area contributed by atoms with Gasteiger partial charge >= 0.3 is 0 Å². The monoisotopic (exact) mass is 235 g/mol. The van der Waals surface area contributed by atoms with E-state index in [4.69, 9.17) is 0 Å². The summed E-state index contributed by atoms with van der Waals surface area (Å²) in [7, 11) is 0. The van der Waals surface area contributed by atoms with Crippen LogP contribution in [0.3, 0.4) is 0 Å². The van der Waals surface area contributed by atoms with Crippen LogP contribution in [0, 0.1) is 5.92 Å². The fourth-order valence-electron chi connectivity index (χ4n) is 1.92. The Morgan fingerprint density at radius 2 is 2.18 bits per heavy atom. The van der Waals surface area contributed by atoms with Crippen molar-refractivity contribution < 1.29 is 9.59 Å². The van der Waals surface area contributed by atoms with Gasteiger partial charge in [0.25, 0.3) is 5.91 Å². The topological polar surface area (TPSA) is 70.6 Å². The minimum atomic E-state index is -0.421. The van der Waals surface area contributed by atoms with Gasteiger partial charge in [-0.15, -0.1) is 0 Å². The molecule has 0 aromatic carbocycles. The fourth-order valence-corrected chi connectivity index (χ4v) is 1.92. The molecule has 1 unspecified atom stereocenters. The summed E-state index contributed by atoms with van der Waals surface area (Å²) >= 11 is 0. The van der Waals surface area contributed by atoms with Crippen molar-refractivity contribution in [2.45, 2.75) is 39.2 Å². The fraction of sp³-hybridized carbons (Fsp3) is 0.583. The van der Waals surface area contributed by atoms with Crippen molar-refractivity contribution in [1.29, 1.82) is 0 Å². The van der Waals surface area contributed by atoms with Crippen molar-refractivity contribution in [2.24, 2.45) is 10.9 Å². The Labute approximate surface area is 100 Å². The highest BCUT2D eigenvalue weighted by molar-refractivity contribution is 6.01. The summed E-state index contributed by atoms with van der Waals surface area (Å²) in [6.07, 6.45) is 3.61. The van der Waals surface area contributed by atoms with Crippen LogP contribution in [0.4, 0.5) is 0 Å². The van der Waals surface area contributed by atoms with Crippen LogP contribution in [0.2, 0.25) is 0 Å². The van der Waals surface area contributed by atoms with Crippen LogP contribution < -0.4 is 10.6 Å². The first-order valence-electron chi connectivity index (χ1n) is 5.92. The van der Waals surface area contributed by atoms with Crippen molar-refractivity contribution in [1.82, 2.24) is 10.6 Å². The molecular formula is C12H17N3O2. The zero-order valence-electron chi connectivity index (χ0n) is 10.1. The van der Waals surface area contributed by atoms with E-state index in [0.717, 1.165) is 12.3 Å². The first-order valence-corrected chi connectivity index (χ1v) is 5.92. The molecule has 2 aliphatic rings. The van der Waals surface area contributed by atoms with E-state index >= 15 is 0 Å². The molecule has 17 heavy (non-hydrogen) atoms. The van der Waals surface area contributed by atoms with Gasteiger partial charge in [0.05, 0.1) is 0 Å². The lowest BCUT2D eigenvalue weighted by molar-refractivity contribution is -0.133. The summed E-state index contributed by atoms with van der Waals surface area (Å²) in [5.41, 5.74) is 1.29. The molecule has 2 N–H and O–H groups in total. The van der Waals surface area contributed by atoms with E-state index in [2.05, 4.69) is 29.5 Å². The molecule has 0 saturated carbocycles. The molecule has 5 nitrogen and oxygen atoms in total. The smallest absolute Gasteiger partial charge is 0.251 e. The minimum absolute atomic E-state index is 0.202. The van der Waals surface area contributed by atoms with Gasteiger partial charge < -0.3 is 5.32 Å². The Morgan fingerprint density at radius 1 is 1.41 bits per heavy atom. The number of carbonyl (C=O) groups is 2. The molecule has 5 heteroatoms. The first kappa shape index (κ1) is 11.8. The largest absolute Gasteiger partial charge is 0.350 e. The Balaban J connectivity index is 1.98. The maximum Gasteiger partial charge on any atom is 0.251 e. The summed E-state index contributed by atoms with van der Waals surface area (Å²) in [6.45, 7) is 4.25. The van der Waals surface area contributed by atoms with Crippen LogP contribution in [0.15, 0.2) is 16.8 Å². The third kappa shape index (κ3) is 2.72. The summed E-state index contributed by atoms with van der Waals surface area (Å²) in [5.74, 6) is 0.820. The number of carbonyl (C=O) groups excluding carboxylic acids is 2. The van der Waals surface area contributed by atoms with Crippen LogP contribution in [0.25, 0.3) is 0 Å². The van der Waals surface area contributed by atoms with Gasteiger partial charge in [-0.05, 0) is 17.9 Å². The number of aliphatic imine (C=N–C) groups is 1. The van der Waals surface area contributed by atoms with E-state index in [9.17, 15) is 9.59 Å². The summed E-state index contributed by atoms with van der Waals surface area (Å²) in [6, 6.07) is -0.421. The maximum absolute atomic E-state index is 11.5. The number of piperidine rings is 1. The molecule has 0 bridgehead atoms. The van der Waals surface area contributed by atoms with E-state index < -0.39 is 6.04 Å². The first-order chi connectivity index (χ1) is 8.06. The molecule has 0 aromatic rings. The Kier molecular flexibility index (Phi) is 3.26. The van der Waals surface area contributed by atoms with Gasteiger partial charge in [-0.2, -0.15) is 0 Å². The van der Waals surface area contributed by atoms with Crippen molar-refractivity contribution in [3.8, 4) is 0 Å². The van der Waals surface area contributed by atoms with Crippen molar-refractivity contribution in [2.75, 3.05) is 0 Å². The van der Waals surface area contributed by atoms with Gasteiger partial charge in [0.15, 0.2) is 0 Å². The van der Waals surface area contributed by atoms with E-state index in [1.54, 1.807) is 0 Å². The van der Waals surface area contributed by atoms with Crippen LogP contribution in [0.1, 0.15) is 33.1 Å². The molecule has 1 saturated heterocycles. The zero-order chi connectivity index (χ0) is 12.4. The SMILES string of the molecule is CC(C)C1=CNC(=NC2CCC(=O)NC2=O)C1. The molecule has 2 rings (SSSR count). The lowest BCUT2D eigenvalue weighted by Crippen LogP contribution is -2.43. The Bertz CT molecular complexity index is 410. The molecule has 2 heterocycles. The normalized spacial score (nSPS) is 27.1. The number of imide groups is 1. The number of hydrogen-bond donors (Lipinski definition) is 2. The molecule has 1 atom stereocenters. The van der Waals surface area contributed by atoms with Crippen molar-refractivity contribution in [3.05, 3.63) is 11.8 Å². The van der Waals surface area contributed by atoms with Crippen molar-refractivity contribution in [3.63, 3.8) is 0 Å². The van der Waals surface area contributed by atoms with E-state index in [-0.39, 0.29) is 11.8 Å². The second-order valence-corrected chi connectivity index (χ2v) is 4.74. The predicted molar refractivity (Wildman–Crippen MR) is 64.3 cm³/mol. The number of nitrogens with one attached hydrogen (secondary N) is 2. The van der Waals surface area contributed by atoms with Gasteiger partial charge in [-0.25, -0.2) is 0 Å². The summed E-state index contributed by atoms with van der Waals surface area (Å²) in [4.78, 5) is 26.9. The average molecular weight is 235 g/mol. The van der Waals surface area contributed by atoms with E-state index in [1.165, 1.54) is 5.57 Å². The molecule has 2 aliphatic heterocycles. The minimum Gasteiger partial charge on any atom is -0.350 e. The number of rotatable bonds is 2. The molecule has 0 aliphatic carbocycles. The van der Waals surface area contributed by atoms with Crippen LogP contribution in [-0.4, -0.2) is 23.7 Å². The molecule has 1 fully saturated rings. The third-order valence-electron chi connectivity index (χ3n) is 3.06. The maximum atomic E-state index is 11.5. The quantitative estimate of drug-likeness (QED) is 0.693. The highest BCUT2D eigenvalue weighted by Gasteiger charge is 2.27. The van der Waals surface area contributed by atoms with Crippen LogP contribution in [0.5, 0.6) is 0 Å². The summed E-state index contributed by atoms with van der Waals surface area (Å²) in [5, 5.41) is 5.40. The number of nitrogens with zero attached hydrogens (tertiary/aromatic N) is 1. The van der Waals surface area contributed by atoms with E-state index in [1.807, 2.05) is 6.20 Å². The number of hydrogen-bond acceptors (Lipinski definition) is 3. The van der Waals surface area contributed by atoms with Gasteiger partial charge in [-0.3, -0.25) is 19.9 Å². The third-order valence-corrected chi connectivity index (χ3v) is 3.06. The molecule has 0 spiro atoms. The second kappa shape index (κ2) is 4.69. The molecular weight excluding hydrogens is 218 g/mol. The lowest BCUT2D eigenvalue weighted by atomic mass is 10.0. The van der Waals surface area contributed by atoms with Gasteiger partial charge in [0, 0.05) is 19.0 Å². The molecule has 0 aromatic heterocycles. The highest BCUT2D eigenvalue weighted by atomic mass is 16.2. The summed E-state index contributed by atoms with van der Waals surface area (Å²) < 4.78 is 0. The molecule has 0 radical (unpaired) electrons. The Morgan fingerprint density at radius 3 is 2.76 bits per heavy atom. The average Bonchev–Trinajstić information content (AvgIpc) is 2.71. The highest BCUT2D eigenvalue weighted by Crippen LogP contribution is 2.19. The predicted octanol–water partition coefficient (Wildman–Crippen LogP) is 0.723. The number of amidine groups is 1. The molecule has 2 amide bonds. The van der Waals surface area contributed by atoms with Gasteiger partial charge in [0.2, 0.25) is 5.91 Å². The standard InChI is InChI=1S/C12H17N3O2/c1-7(2)8-5-10(13-6-8)14-9-3-4-11(16)15-12(9)17/h6-7,9H,3-5H2,1-2H3,(H,13,14)(H,15,16,17). The molecule has 92 valence electrons. The van der Waals surface area contributed by atoms with E-state index in [0.29, 0.717) is 18.8 Å². The Hall–Kier alpha value is -1.65. The number of amides is 2. The van der Waals surface area contributed by atoms with Crippen LogP contribution in [-0.2, 0) is 9.59 Å².